The van der Waals surface area contributed by atoms with Crippen LogP contribution in [0.15, 0.2) is 0 Å². The van der Waals surface area contributed by atoms with Gasteiger partial charge < -0.3 is 10.6 Å². The Kier molecular flexibility index (Phi) is 5.97. The fourth-order valence-electron chi connectivity index (χ4n) is 1.19. The number of nitrogens with one attached hydrogen (secondary N) is 2. The van der Waals surface area contributed by atoms with Crippen molar-refractivity contribution >= 4 is 11.8 Å². The molecule has 0 aliphatic rings. The molecule has 88 valence electrons. The van der Waals surface area contributed by atoms with Crippen molar-refractivity contribution in [2.75, 3.05) is 0 Å². The fourth-order valence-corrected chi connectivity index (χ4v) is 1.19. The normalized spacial score (nSPS) is 14.5. The highest BCUT2D eigenvalue weighted by Crippen LogP contribution is 2.02. The molecule has 15 heavy (non-hydrogen) atoms. The quantitative estimate of drug-likeness (QED) is 0.719. The molecule has 2 amide bonds. The Morgan fingerprint density at radius 2 is 1.67 bits per heavy atom. The number of carbonyl (C=O) groups excluding carboxylic acids is 2. The molecule has 0 spiro atoms. The molecular weight excluding hydrogens is 192 g/mol. The van der Waals surface area contributed by atoms with E-state index in [1.54, 1.807) is 0 Å². The van der Waals surface area contributed by atoms with Crippen LogP contribution in [0.3, 0.4) is 0 Å². The van der Waals surface area contributed by atoms with E-state index in [9.17, 15) is 9.59 Å². The molecular formula is C11H22N2O2. The zero-order chi connectivity index (χ0) is 12.0. The van der Waals surface area contributed by atoms with Gasteiger partial charge in [0, 0.05) is 13.0 Å². The predicted molar refractivity (Wildman–Crippen MR) is 60.3 cm³/mol. The first kappa shape index (κ1) is 13.9. The van der Waals surface area contributed by atoms with Gasteiger partial charge >= 0.3 is 0 Å². The summed E-state index contributed by atoms with van der Waals surface area (Å²) >= 11 is 0. The van der Waals surface area contributed by atoms with Crippen LogP contribution in [0.25, 0.3) is 0 Å². The third-order valence-corrected chi connectivity index (χ3v) is 2.31. The minimum atomic E-state index is -0.434. The van der Waals surface area contributed by atoms with E-state index in [1.807, 2.05) is 27.7 Å². The molecule has 0 unspecified atom stereocenters. The summed E-state index contributed by atoms with van der Waals surface area (Å²) in [6.45, 7) is 9.20. The molecule has 0 aliphatic carbocycles. The molecule has 0 saturated heterocycles. The van der Waals surface area contributed by atoms with Gasteiger partial charge in [0.05, 0.1) is 0 Å². The molecule has 0 aromatic heterocycles. The van der Waals surface area contributed by atoms with Gasteiger partial charge in [-0.2, -0.15) is 0 Å². The summed E-state index contributed by atoms with van der Waals surface area (Å²) in [4.78, 5) is 22.7. The van der Waals surface area contributed by atoms with Crippen molar-refractivity contribution in [1.82, 2.24) is 10.6 Å². The van der Waals surface area contributed by atoms with Crippen LogP contribution in [0.1, 0.15) is 41.0 Å². The summed E-state index contributed by atoms with van der Waals surface area (Å²) in [7, 11) is 0. The second kappa shape index (κ2) is 6.43. The monoisotopic (exact) mass is 214 g/mol. The predicted octanol–water partition coefficient (Wildman–Crippen LogP) is 1.06. The zero-order valence-electron chi connectivity index (χ0n) is 10.3. The molecule has 0 saturated carbocycles. The molecule has 4 nitrogen and oxygen atoms in total. The Bertz CT molecular complexity index is 227. The van der Waals surface area contributed by atoms with Gasteiger partial charge in [-0.1, -0.05) is 20.8 Å². The van der Waals surface area contributed by atoms with E-state index in [0.29, 0.717) is 0 Å². The van der Waals surface area contributed by atoms with E-state index in [2.05, 4.69) is 10.6 Å². The van der Waals surface area contributed by atoms with Crippen LogP contribution in [0.2, 0.25) is 0 Å². The van der Waals surface area contributed by atoms with E-state index in [1.165, 1.54) is 6.92 Å². The number of carbonyl (C=O) groups is 2. The van der Waals surface area contributed by atoms with Crippen molar-refractivity contribution in [2.45, 2.75) is 53.1 Å². The molecule has 0 aromatic carbocycles. The molecule has 0 aromatic rings. The first-order valence-electron chi connectivity index (χ1n) is 5.46. The third kappa shape index (κ3) is 5.40. The van der Waals surface area contributed by atoms with Crippen LogP contribution < -0.4 is 10.6 Å². The highest BCUT2D eigenvalue weighted by molar-refractivity contribution is 5.87. The van der Waals surface area contributed by atoms with Gasteiger partial charge in [-0.15, -0.1) is 0 Å². The molecule has 4 heteroatoms. The van der Waals surface area contributed by atoms with Gasteiger partial charge in [0.1, 0.15) is 6.04 Å². The summed E-state index contributed by atoms with van der Waals surface area (Å²) in [5.41, 5.74) is 0. The van der Waals surface area contributed by atoms with Crippen molar-refractivity contribution < 1.29 is 9.59 Å². The second-order valence-electron chi connectivity index (χ2n) is 4.24. The summed E-state index contributed by atoms with van der Waals surface area (Å²) in [5, 5.41) is 5.52. The zero-order valence-corrected chi connectivity index (χ0v) is 10.3. The lowest BCUT2D eigenvalue weighted by Gasteiger charge is -2.22. The van der Waals surface area contributed by atoms with Crippen molar-refractivity contribution in [3.05, 3.63) is 0 Å². The average molecular weight is 214 g/mol. The lowest BCUT2D eigenvalue weighted by atomic mass is 10.0. The average Bonchev–Trinajstić information content (AvgIpc) is 2.12. The summed E-state index contributed by atoms with van der Waals surface area (Å²) in [5.74, 6) is -0.180. The maximum absolute atomic E-state index is 11.8. The van der Waals surface area contributed by atoms with Crippen LogP contribution in [0.4, 0.5) is 0 Å². The van der Waals surface area contributed by atoms with Crippen LogP contribution in [0.5, 0.6) is 0 Å². The highest BCUT2D eigenvalue weighted by Gasteiger charge is 2.23. The van der Waals surface area contributed by atoms with Gasteiger partial charge in [0.15, 0.2) is 0 Å². The number of rotatable bonds is 5. The maximum atomic E-state index is 11.8. The molecule has 0 bridgehead atoms. The smallest absolute Gasteiger partial charge is 0.243 e. The Morgan fingerprint density at radius 3 is 2.00 bits per heavy atom. The van der Waals surface area contributed by atoms with Crippen molar-refractivity contribution in [2.24, 2.45) is 5.92 Å². The lowest BCUT2D eigenvalue weighted by Crippen LogP contribution is -2.51. The van der Waals surface area contributed by atoms with Gasteiger partial charge in [0.2, 0.25) is 11.8 Å². The van der Waals surface area contributed by atoms with Crippen LogP contribution in [-0.2, 0) is 9.59 Å². The van der Waals surface area contributed by atoms with Crippen molar-refractivity contribution in [1.29, 1.82) is 0 Å². The minimum absolute atomic E-state index is 0.0953. The second-order valence-corrected chi connectivity index (χ2v) is 4.24. The molecule has 0 fully saturated rings. The Hall–Kier alpha value is -1.06. The van der Waals surface area contributed by atoms with Crippen molar-refractivity contribution in [3.8, 4) is 0 Å². The van der Waals surface area contributed by atoms with Crippen LogP contribution in [-0.4, -0.2) is 23.9 Å². The van der Waals surface area contributed by atoms with E-state index < -0.39 is 6.04 Å². The Labute approximate surface area is 91.8 Å². The summed E-state index contributed by atoms with van der Waals surface area (Å²) < 4.78 is 0. The third-order valence-electron chi connectivity index (χ3n) is 2.31. The van der Waals surface area contributed by atoms with Gasteiger partial charge in [-0.05, 0) is 19.3 Å². The topological polar surface area (TPSA) is 58.2 Å². The molecule has 0 rings (SSSR count). The fraction of sp³-hybridized carbons (Fsp3) is 0.818. The molecule has 2 atom stereocenters. The summed E-state index contributed by atoms with van der Waals surface area (Å²) in [6.07, 6.45) is 0.886. The number of amides is 2. The number of hydrogen-bond acceptors (Lipinski definition) is 2. The Morgan fingerprint density at radius 1 is 1.13 bits per heavy atom. The summed E-state index contributed by atoms with van der Waals surface area (Å²) in [6, 6.07) is -0.288. The molecule has 0 radical (unpaired) electrons. The first-order valence-corrected chi connectivity index (χ1v) is 5.46. The van der Waals surface area contributed by atoms with Crippen LogP contribution >= 0.6 is 0 Å². The van der Waals surface area contributed by atoms with E-state index in [0.717, 1.165) is 6.42 Å². The van der Waals surface area contributed by atoms with E-state index >= 15 is 0 Å². The number of hydrogen-bond donors (Lipinski definition) is 2. The van der Waals surface area contributed by atoms with Crippen LogP contribution in [0, 0.1) is 5.92 Å². The highest BCUT2D eigenvalue weighted by atomic mass is 16.2. The van der Waals surface area contributed by atoms with E-state index in [-0.39, 0.29) is 23.8 Å². The Balaban J connectivity index is 4.35. The maximum Gasteiger partial charge on any atom is 0.243 e. The molecule has 0 heterocycles. The van der Waals surface area contributed by atoms with Gasteiger partial charge in [-0.25, -0.2) is 0 Å². The lowest BCUT2D eigenvalue weighted by molar-refractivity contribution is -0.129. The van der Waals surface area contributed by atoms with Gasteiger partial charge in [-0.3, -0.25) is 9.59 Å². The first-order chi connectivity index (χ1) is 6.88. The van der Waals surface area contributed by atoms with Crippen molar-refractivity contribution in [3.63, 3.8) is 0 Å². The largest absolute Gasteiger partial charge is 0.352 e. The minimum Gasteiger partial charge on any atom is -0.352 e. The SMILES string of the molecule is CC[C@H](C)NC(=O)[C@H](NC(C)=O)C(C)C. The molecule has 2 N–H and O–H groups in total. The van der Waals surface area contributed by atoms with E-state index in [4.69, 9.17) is 0 Å². The van der Waals surface area contributed by atoms with Gasteiger partial charge in [0.25, 0.3) is 0 Å². The standard InChI is InChI=1S/C11H22N2O2/c1-6-8(4)12-11(15)10(7(2)3)13-9(5)14/h7-8,10H,6H2,1-5H3,(H,12,15)(H,13,14)/t8-,10+/m0/s1. The molecule has 0 aliphatic heterocycles.